The molecule has 3 rings (SSSR count). The van der Waals surface area contributed by atoms with Crippen molar-refractivity contribution in [2.75, 3.05) is 13.2 Å². The molecule has 0 bridgehead atoms. The predicted octanol–water partition coefficient (Wildman–Crippen LogP) is 1.83. The number of fused-ring (bicyclic) bond motifs is 1. The van der Waals surface area contributed by atoms with Crippen LogP contribution in [0.25, 0.3) is 0 Å². The predicted molar refractivity (Wildman–Crippen MR) is 78.3 cm³/mol. The van der Waals surface area contributed by atoms with E-state index in [0.29, 0.717) is 13.2 Å². The molecule has 0 saturated heterocycles. The van der Waals surface area contributed by atoms with Crippen LogP contribution in [0.5, 0.6) is 11.5 Å². The molecule has 0 fully saturated rings. The van der Waals surface area contributed by atoms with Gasteiger partial charge in [0.15, 0.2) is 0 Å². The lowest BCUT2D eigenvalue weighted by atomic mass is 10.1. The van der Waals surface area contributed by atoms with Gasteiger partial charge in [0.25, 0.3) is 0 Å². The molecular weight excluding hydrogens is 268 g/mol. The molecule has 0 spiro atoms. The standard InChI is InChI=1S/C15H20N4O2/c1-3-6-16-14-10-21-15-7-12(4-5-13(14)15)20-9-11-8-19(2)18-17-11/h4-5,7-8,14,16H,3,6,9-10H2,1-2H3. The zero-order valence-corrected chi connectivity index (χ0v) is 12.4. The molecule has 1 atom stereocenters. The number of aromatic nitrogens is 3. The van der Waals surface area contributed by atoms with Gasteiger partial charge in [-0.15, -0.1) is 5.10 Å². The number of hydrogen-bond acceptors (Lipinski definition) is 5. The molecule has 1 aliphatic rings. The normalized spacial score (nSPS) is 16.6. The van der Waals surface area contributed by atoms with Crippen LogP contribution in [0.3, 0.4) is 0 Å². The van der Waals surface area contributed by atoms with Crippen LogP contribution in [0.4, 0.5) is 0 Å². The molecule has 1 aromatic heterocycles. The number of rotatable bonds is 6. The lowest BCUT2D eigenvalue weighted by Gasteiger charge is -2.10. The Hall–Kier alpha value is -2.08. The second kappa shape index (κ2) is 6.13. The first-order valence-corrected chi connectivity index (χ1v) is 7.24. The van der Waals surface area contributed by atoms with Gasteiger partial charge in [-0.1, -0.05) is 12.1 Å². The molecule has 0 aliphatic carbocycles. The van der Waals surface area contributed by atoms with Crippen molar-refractivity contribution >= 4 is 0 Å². The van der Waals surface area contributed by atoms with Gasteiger partial charge in [0.05, 0.1) is 12.2 Å². The second-order valence-electron chi connectivity index (χ2n) is 5.19. The number of benzene rings is 1. The Kier molecular flexibility index (Phi) is 4.06. The van der Waals surface area contributed by atoms with Crippen molar-refractivity contribution < 1.29 is 9.47 Å². The molecule has 21 heavy (non-hydrogen) atoms. The first-order chi connectivity index (χ1) is 10.3. The van der Waals surface area contributed by atoms with Crippen molar-refractivity contribution in [2.24, 2.45) is 7.05 Å². The smallest absolute Gasteiger partial charge is 0.134 e. The Labute approximate surface area is 124 Å². The van der Waals surface area contributed by atoms with E-state index in [1.165, 1.54) is 5.56 Å². The number of nitrogens with zero attached hydrogens (tertiary/aromatic N) is 3. The molecule has 6 heteroatoms. The fourth-order valence-corrected chi connectivity index (χ4v) is 2.39. The van der Waals surface area contributed by atoms with Crippen molar-refractivity contribution in [3.8, 4) is 11.5 Å². The molecule has 1 unspecified atom stereocenters. The monoisotopic (exact) mass is 288 g/mol. The van der Waals surface area contributed by atoms with Gasteiger partial charge in [-0.2, -0.15) is 0 Å². The largest absolute Gasteiger partial charge is 0.491 e. The SMILES string of the molecule is CCCNC1COc2cc(OCc3cn(C)nn3)ccc21. The molecule has 0 radical (unpaired) electrons. The summed E-state index contributed by atoms with van der Waals surface area (Å²) >= 11 is 0. The van der Waals surface area contributed by atoms with Crippen LogP contribution in [0.15, 0.2) is 24.4 Å². The third-order valence-corrected chi connectivity index (χ3v) is 3.44. The van der Waals surface area contributed by atoms with Crippen LogP contribution < -0.4 is 14.8 Å². The lowest BCUT2D eigenvalue weighted by molar-refractivity contribution is 0.293. The van der Waals surface area contributed by atoms with E-state index in [2.05, 4.69) is 28.6 Å². The zero-order valence-electron chi connectivity index (χ0n) is 12.4. The summed E-state index contributed by atoms with van der Waals surface area (Å²) in [6.07, 6.45) is 2.96. The van der Waals surface area contributed by atoms with E-state index in [4.69, 9.17) is 9.47 Å². The second-order valence-corrected chi connectivity index (χ2v) is 5.19. The maximum absolute atomic E-state index is 5.73. The van der Waals surface area contributed by atoms with E-state index in [1.807, 2.05) is 25.4 Å². The molecule has 6 nitrogen and oxygen atoms in total. The number of hydrogen-bond donors (Lipinski definition) is 1. The number of aryl methyl sites for hydroxylation is 1. The highest BCUT2D eigenvalue weighted by atomic mass is 16.5. The summed E-state index contributed by atoms with van der Waals surface area (Å²) in [5.41, 5.74) is 2.01. The molecule has 112 valence electrons. The van der Waals surface area contributed by atoms with Gasteiger partial charge in [0.1, 0.15) is 30.4 Å². The van der Waals surface area contributed by atoms with Crippen LogP contribution in [-0.2, 0) is 13.7 Å². The molecule has 1 aromatic carbocycles. The summed E-state index contributed by atoms with van der Waals surface area (Å²) < 4.78 is 13.1. The highest BCUT2D eigenvalue weighted by Crippen LogP contribution is 2.35. The lowest BCUT2D eigenvalue weighted by Crippen LogP contribution is -2.22. The fourth-order valence-electron chi connectivity index (χ4n) is 2.39. The summed E-state index contributed by atoms with van der Waals surface area (Å²) in [5.74, 6) is 1.69. The van der Waals surface area contributed by atoms with E-state index in [-0.39, 0.29) is 6.04 Å². The van der Waals surface area contributed by atoms with Crippen LogP contribution in [0.1, 0.15) is 30.6 Å². The first-order valence-electron chi connectivity index (χ1n) is 7.24. The molecule has 0 amide bonds. The van der Waals surface area contributed by atoms with Gasteiger partial charge >= 0.3 is 0 Å². The molecule has 2 aromatic rings. The molecule has 0 saturated carbocycles. The van der Waals surface area contributed by atoms with E-state index in [0.717, 1.165) is 30.2 Å². The number of nitrogens with one attached hydrogen (secondary N) is 1. The van der Waals surface area contributed by atoms with E-state index < -0.39 is 0 Å². The van der Waals surface area contributed by atoms with Crippen molar-refractivity contribution in [1.29, 1.82) is 0 Å². The van der Waals surface area contributed by atoms with Gasteiger partial charge in [-0.25, -0.2) is 0 Å². The Morgan fingerprint density at radius 3 is 3.14 bits per heavy atom. The van der Waals surface area contributed by atoms with Crippen molar-refractivity contribution in [2.45, 2.75) is 26.0 Å². The van der Waals surface area contributed by atoms with Gasteiger partial charge in [0, 0.05) is 18.7 Å². The topological polar surface area (TPSA) is 61.2 Å². The van der Waals surface area contributed by atoms with Crippen molar-refractivity contribution in [3.63, 3.8) is 0 Å². The van der Waals surface area contributed by atoms with E-state index in [9.17, 15) is 0 Å². The summed E-state index contributed by atoms with van der Waals surface area (Å²) in [6, 6.07) is 6.28. The minimum absolute atomic E-state index is 0.286. The van der Waals surface area contributed by atoms with Gasteiger partial charge in [0.2, 0.25) is 0 Å². The fraction of sp³-hybridized carbons (Fsp3) is 0.467. The van der Waals surface area contributed by atoms with Gasteiger partial charge in [-0.05, 0) is 25.1 Å². The number of ether oxygens (including phenoxy) is 2. The third-order valence-electron chi connectivity index (χ3n) is 3.44. The van der Waals surface area contributed by atoms with Crippen LogP contribution in [0.2, 0.25) is 0 Å². The highest BCUT2D eigenvalue weighted by Gasteiger charge is 2.23. The maximum atomic E-state index is 5.73. The third kappa shape index (κ3) is 3.16. The van der Waals surface area contributed by atoms with Crippen molar-refractivity contribution in [3.05, 3.63) is 35.7 Å². The maximum Gasteiger partial charge on any atom is 0.134 e. The van der Waals surface area contributed by atoms with Crippen LogP contribution >= 0.6 is 0 Å². The minimum atomic E-state index is 0.286. The summed E-state index contributed by atoms with van der Waals surface area (Å²) in [7, 11) is 1.84. The molecule has 2 heterocycles. The van der Waals surface area contributed by atoms with Crippen LogP contribution in [-0.4, -0.2) is 28.1 Å². The summed E-state index contributed by atoms with van der Waals surface area (Å²) in [4.78, 5) is 0. The molecule has 1 aliphatic heterocycles. The Balaban J connectivity index is 1.64. The average molecular weight is 288 g/mol. The van der Waals surface area contributed by atoms with E-state index >= 15 is 0 Å². The minimum Gasteiger partial charge on any atom is -0.491 e. The van der Waals surface area contributed by atoms with E-state index in [1.54, 1.807) is 4.68 Å². The first kappa shape index (κ1) is 13.9. The summed E-state index contributed by atoms with van der Waals surface area (Å²) in [6.45, 7) is 4.25. The average Bonchev–Trinajstić information content (AvgIpc) is 3.09. The molecular formula is C15H20N4O2. The molecule has 1 N–H and O–H groups in total. The highest BCUT2D eigenvalue weighted by molar-refractivity contribution is 5.45. The van der Waals surface area contributed by atoms with Crippen molar-refractivity contribution in [1.82, 2.24) is 20.3 Å². The Bertz CT molecular complexity index is 611. The Morgan fingerprint density at radius 2 is 2.38 bits per heavy atom. The summed E-state index contributed by atoms with van der Waals surface area (Å²) in [5, 5.41) is 11.4. The Morgan fingerprint density at radius 1 is 1.48 bits per heavy atom. The van der Waals surface area contributed by atoms with Gasteiger partial charge in [-0.3, -0.25) is 4.68 Å². The van der Waals surface area contributed by atoms with Crippen LogP contribution in [0, 0.1) is 0 Å². The zero-order chi connectivity index (χ0) is 14.7. The quantitative estimate of drug-likeness (QED) is 0.878. The van der Waals surface area contributed by atoms with Gasteiger partial charge < -0.3 is 14.8 Å².